The molecule has 0 radical (unpaired) electrons. The first-order chi connectivity index (χ1) is 7.79. The van der Waals surface area contributed by atoms with Gasteiger partial charge >= 0.3 is 0 Å². The number of rotatable bonds is 4. The van der Waals surface area contributed by atoms with Crippen LogP contribution in [0, 0.1) is 23.7 Å². The van der Waals surface area contributed by atoms with Gasteiger partial charge in [-0.1, -0.05) is 6.42 Å². The summed E-state index contributed by atoms with van der Waals surface area (Å²) < 4.78 is 10.7. The third kappa shape index (κ3) is 1.56. The van der Waals surface area contributed by atoms with E-state index in [1.807, 2.05) is 6.92 Å². The first-order valence-electron chi connectivity index (χ1n) is 6.54. The van der Waals surface area contributed by atoms with E-state index < -0.39 is 0 Å². The van der Waals surface area contributed by atoms with Gasteiger partial charge in [-0.05, 0) is 56.3 Å². The molecule has 0 aliphatic heterocycles. The normalized spacial score (nSPS) is 46.7. The second-order valence-corrected chi connectivity index (χ2v) is 5.63. The lowest BCUT2D eigenvalue weighted by molar-refractivity contribution is -0.179. The van der Waals surface area contributed by atoms with Crippen molar-refractivity contribution >= 4 is 6.47 Å². The number of carbonyl (C=O) groups is 1. The van der Waals surface area contributed by atoms with E-state index >= 15 is 0 Å². The molecule has 2 bridgehead atoms. The molecule has 6 atom stereocenters. The Kier molecular flexibility index (Phi) is 2.66. The minimum atomic E-state index is -0.373. The minimum absolute atomic E-state index is 0.347. The van der Waals surface area contributed by atoms with Crippen LogP contribution in [0.5, 0.6) is 0 Å². The summed E-state index contributed by atoms with van der Waals surface area (Å²) in [5, 5.41) is 0. The Hall–Kier alpha value is -0.570. The van der Waals surface area contributed by atoms with Gasteiger partial charge in [0.25, 0.3) is 6.47 Å². The highest BCUT2D eigenvalue weighted by Gasteiger charge is 2.54. The average molecular weight is 224 g/mol. The van der Waals surface area contributed by atoms with Crippen LogP contribution in [0.15, 0.2) is 0 Å². The van der Waals surface area contributed by atoms with Crippen molar-refractivity contribution in [3.63, 3.8) is 0 Å². The zero-order valence-electron chi connectivity index (χ0n) is 9.80. The van der Waals surface area contributed by atoms with Gasteiger partial charge in [0, 0.05) is 0 Å². The average Bonchev–Trinajstić information content (AvgIpc) is 2.86. The van der Waals surface area contributed by atoms with Gasteiger partial charge in [-0.2, -0.15) is 0 Å². The molecule has 3 fully saturated rings. The standard InChI is InChI=1S/C13H20O3/c1-8(15-7-14)16-13-6-9-5-12(13)11-4-2-3-10(9)11/h7-13H,2-6H2,1H3. The second-order valence-electron chi connectivity index (χ2n) is 5.63. The first-order valence-corrected chi connectivity index (χ1v) is 6.54. The largest absolute Gasteiger partial charge is 0.438 e. The molecule has 3 nitrogen and oxygen atoms in total. The van der Waals surface area contributed by atoms with E-state index in [2.05, 4.69) is 0 Å². The number of carbonyl (C=O) groups excluding carboxylic acids is 1. The smallest absolute Gasteiger partial charge is 0.295 e. The van der Waals surface area contributed by atoms with Crippen molar-refractivity contribution in [3.05, 3.63) is 0 Å². The Labute approximate surface area is 96.5 Å². The topological polar surface area (TPSA) is 35.5 Å². The van der Waals surface area contributed by atoms with Gasteiger partial charge in [0.1, 0.15) is 0 Å². The van der Waals surface area contributed by atoms with Gasteiger partial charge in [0.2, 0.25) is 0 Å². The molecule has 16 heavy (non-hydrogen) atoms. The van der Waals surface area contributed by atoms with Crippen molar-refractivity contribution < 1.29 is 14.3 Å². The molecule has 3 heteroatoms. The number of hydrogen-bond acceptors (Lipinski definition) is 3. The van der Waals surface area contributed by atoms with Crippen LogP contribution in [0.4, 0.5) is 0 Å². The van der Waals surface area contributed by atoms with Crippen LogP contribution in [-0.2, 0) is 14.3 Å². The summed E-state index contributed by atoms with van der Waals surface area (Å²) in [7, 11) is 0. The van der Waals surface area contributed by atoms with E-state index in [-0.39, 0.29) is 6.29 Å². The van der Waals surface area contributed by atoms with Crippen molar-refractivity contribution in [1.82, 2.24) is 0 Å². The van der Waals surface area contributed by atoms with Crippen LogP contribution in [-0.4, -0.2) is 18.9 Å². The quantitative estimate of drug-likeness (QED) is 0.543. The Balaban J connectivity index is 1.61. The molecular weight excluding hydrogens is 204 g/mol. The summed E-state index contributed by atoms with van der Waals surface area (Å²) in [5.74, 6) is 3.54. The van der Waals surface area contributed by atoms with E-state index in [1.54, 1.807) is 0 Å². The minimum Gasteiger partial charge on any atom is -0.438 e. The fourth-order valence-electron chi connectivity index (χ4n) is 4.52. The maximum atomic E-state index is 10.2. The van der Waals surface area contributed by atoms with E-state index in [0.717, 1.165) is 23.7 Å². The molecule has 3 saturated carbocycles. The van der Waals surface area contributed by atoms with Crippen molar-refractivity contribution in [3.8, 4) is 0 Å². The lowest BCUT2D eigenvalue weighted by atomic mass is 9.80. The molecule has 0 N–H and O–H groups in total. The van der Waals surface area contributed by atoms with Crippen LogP contribution in [0.1, 0.15) is 39.0 Å². The fourth-order valence-corrected chi connectivity index (χ4v) is 4.52. The van der Waals surface area contributed by atoms with Crippen molar-refractivity contribution in [2.45, 2.75) is 51.4 Å². The molecular formula is C13H20O3. The zero-order valence-corrected chi connectivity index (χ0v) is 9.80. The van der Waals surface area contributed by atoms with Gasteiger partial charge in [-0.15, -0.1) is 0 Å². The number of hydrogen-bond donors (Lipinski definition) is 0. The molecule has 0 spiro atoms. The SMILES string of the molecule is CC(OC=O)OC1CC2CC1C1CCCC21. The molecule has 0 aromatic carbocycles. The second kappa shape index (κ2) is 4.02. The fraction of sp³-hybridized carbons (Fsp3) is 0.923. The Morgan fingerprint density at radius 1 is 1.19 bits per heavy atom. The molecule has 0 amide bonds. The molecule has 0 saturated heterocycles. The molecule has 0 aromatic rings. The summed E-state index contributed by atoms with van der Waals surface area (Å²) >= 11 is 0. The summed E-state index contributed by atoms with van der Waals surface area (Å²) in [6.07, 6.45) is 6.77. The van der Waals surface area contributed by atoms with E-state index in [9.17, 15) is 4.79 Å². The van der Waals surface area contributed by atoms with Gasteiger partial charge in [-0.25, -0.2) is 0 Å². The van der Waals surface area contributed by atoms with Gasteiger partial charge < -0.3 is 9.47 Å². The third-order valence-electron chi connectivity index (χ3n) is 4.98. The van der Waals surface area contributed by atoms with Crippen molar-refractivity contribution in [1.29, 1.82) is 0 Å². The highest BCUT2D eigenvalue weighted by atomic mass is 16.7. The molecule has 3 aliphatic rings. The summed E-state index contributed by atoms with van der Waals surface area (Å²) in [6, 6.07) is 0. The van der Waals surface area contributed by atoms with E-state index in [1.165, 1.54) is 32.1 Å². The number of fused-ring (bicyclic) bond motifs is 5. The van der Waals surface area contributed by atoms with Gasteiger partial charge in [0.05, 0.1) is 6.10 Å². The molecule has 90 valence electrons. The highest BCUT2D eigenvalue weighted by molar-refractivity contribution is 5.37. The molecule has 3 aliphatic carbocycles. The van der Waals surface area contributed by atoms with E-state index in [0.29, 0.717) is 12.6 Å². The Morgan fingerprint density at radius 3 is 2.81 bits per heavy atom. The van der Waals surface area contributed by atoms with Crippen LogP contribution >= 0.6 is 0 Å². The van der Waals surface area contributed by atoms with Crippen LogP contribution in [0.25, 0.3) is 0 Å². The van der Waals surface area contributed by atoms with Gasteiger partial charge in [-0.3, -0.25) is 4.79 Å². The van der Waals surface area contributed by atoms with Crippen LogP contribution < -0.4 is 0 Å². The van der Waals surface area contributed by atoms with Crippen LogP contribution in [0.2, 0.25) is 0 Å². The predicted octanol–water partition coefficient (Wildman–Crippen LogP) is 2.35. The Morgan fingerprint density at radius 2 is 2.00 bits per heavy atom. The molecule has 3 rings (SSSR count). The van der Waals surface area contributed by atoms with Crippen molar-refractivity contribution in [2.75, 3.05) is 0 Å². The predicted molar refractivity (Wildman–Crippen MR) is 58.5 cm³/mol. The summed E-state index contributed by atoms with van der Waals surface area (Å²) in [6.45, 7) is 2.29. The monoisotopic (exact) mass is 224 g/mol. The van der Waals surface area contributed by atoms with Crippen LogP contribution in [0.3, 0.4) is 0 Å². The number of ether oxygens (including phenoxy) is 2. The maximum absolute atomic E-state index is 10.2. The lowest BCUT2D eigenvalue weighted by Crippen LogP contribution is -2.33. The highest BCUT2D eigenvalue weighted by Crippen LogP contribution is 2.59. The molecule has 0 heterocycles. The first kappa shape index (κ1) is 10.6. The zero-order chi connectivity index (χ0) is 11.1. The summed E-state index contributed by atoms with van der Waals surface area (Å²) in [4.78, 5) is 10.2. The summed E-state index contributed by atoms with van der Waals surface area (Å²) in [5.41, 5.74) is 0. The molecule has 0 aromatic heterocycles. The third-order valence-corrected chi connectivity index (χ3v) is 4.98. The van der Waals surface area contributed by atoms with Gasteiger partial charge in [0.15, 0.2) is 6.29 Å². The van der Waals surface area contributed by atoms with E-state index in [4.69, 9.17) is 9.47 Å². The van der Waals surface area contributed by atoms with Crippen molar-refractivity contribution in [2.24, 2.45) is 23.7 Å². The molecule has 6 unspecified atom stereocenters. The lowest BCUT2D eigenvalue weighted by Gasteiger charge is -2.32. The maximum Gasteiger partial charge on any atom is 0.295 e. The Bertz CT molecular complexity index is 278.